The summed E-state index contributed by atoms with van der Waals surface area (Å²) in [5, 5.41) is 2.62. The highest BCUT2D eigenvalue weighted by atomic mass is 16.1. The van der Waals surface area contributed by atoms with Crippen LogP contribution in [0.5, 0.6) is 0 Å². The van der Waals surface area contributed by atoms with Crippen molar-refractivity contribution in [1.29, 1.82) is 0 Å². The van der Waals surface area contributed by atoms with Gasteiger partial charge in [0.05, 0.1) is 6.42 Å². The number of rotatable bonds is 2. The van der Waals surface area contributed by atoms with Gasteiger partial charge in [0.2, 0.25) is 5.91 Å². The van der Waals surface area contributed by atoms with Crippen LogP contribution in [0.15, 0.2) is 18.2 Å². The number of hydrogen-bond acceptors (Lipinski definition) is 1. The fourth-order valence-electron chi connectivity index (χ4n) is 1.25. The van der Waals surface area contributed by atoms with Gasteiger partial charge in [-0.1, -0.05) is 37.6 Å². The molecule has 1 aromatic carbocycles. The minimum absolute atomic E-state index is 0.0636. The van der Waals surface area contributed by atoms with E-state index in [1.165, 1.54) is 11.1 Å². The van der Waals surface area contributed by atoms with E-state index in [1.807, 2.05) is 33.8 Å². The Kier molecular flexibility index (Phi) is 6.43. The monoisotopic (exact) mass is 207 g/mol. The summed E-state index contributed by atoms with van der Waals surface area (Å²) in [5.41, 5.74) is 3.48. The molecule has 0 aliphatic rings. The summed E-state index contributed by atoms with van der Waals surface area (Å²) in [7, 11) is 1.66. The lowest BCUT2D eigenvalue weighted by Crippen LogP contribution is -2.20. The fraction of sp³-hybridized carbons (Fsp3) is 0.462. The van der Waals surface area contributed by atoms with Crippen LogP contribution in [-0.4, -0.2) is 13.0 Å². The van der Waals surface area contributed by atoms with Crippen LogP contribution in [0.3, 0.4) is 0 Å². The zero-order valence-corrected chi connectivity index (χ0v) is 10.3. The van der Waals surface area contributed by atoms with E-state index < -0.39 is 0 Å². The Hall–Kier alpha value is -1.31. The summed E-state index contributed by atoms with van der Waals surface area (Å²) < 4.78 is 0. The van der Waals surface area contributed by atoms with Crippen LogP contribution in [0.2, 0.25) is 0 Å². The lowest BCUT2D eigenvalue weighted by Gasteiger charge is -2.05. The molecular formula is C13H21NO. The van der Waals surface area contributed by atoms with Crippen molar-refractivity contribution in [2.24, 2.45) is 0 Å². The molecule has 1 N–H and O–H groups in total. The van der Waals surface area contributed by atoms with Gasteiger partial charge in [-0.2, -0.15) is 0 Å². The quantitative estimate of drug-likeness (QED) is 0.793. The van der Waals surface area contributed by atoms with Gasteiger partial charge in [0.15, 0.2) is 0 Å². The molecule has 1 aromatic rings. The molecule has 15 heavy (non-hydrogen) atoms. The summed E-state index contributed by atoms with van der Waals surface area (Å²) in [6.45, 7) is 8.06. The number of hydrogen-bond donors (Lipinski definition) is 1. The second-order valence-electron chi connectivity index (χ2n) is 3.28. The Morgan fingerprint density at radius 3 is 2.40 bits per heavy atom. The first-order valence-corrected chi connectivity index (χ1v) is 5.40. The third kappa shape index (κ3) is 4.63. The number of likely N-dealkylation sites (N-methyl/N-ethyl adjacent to an activating group) is 1. The first-order valence-electron chi connectivity index (χ1n) is 5.40. The molecule has 0 aliphatic carbocycles. The Labute approximate surface area is 92.7 Å². The molecule has 0 bridgehead atoms. The number of carbonyl (C=O) groups excluding carboxylic acids is 1. The van der Waals surface area contributed by atoms with Gasteiger partial charge in [0, 0.05) is 7.05 Å². The van der Waals surface area contributed by atoms with Crippen LogP contribution in [0.25, 0.3) is 0 Å². The van der Waals surface area contributed by atoms with Crippen LogP contribution in [0.4, 0.5) is 0 Å². The molecule has 0 aromatic heterocycles. The van der Waals surface area contributed by atoms with Crippen LogP contribution >= 0.6 is 0 Å². The molecule has 0 heterocycles. The molecule has 0 aliphatic heterocycles. The van der Waals surface area contributed by atoms with Crippen molar-refractivity contribution in [2.45, 2.75) is 34.1 Å². The molecule has 2 heteroatoms. The average Bonchev–Trinajstić information content (AvgIpc) is 2.26. The first kappa shape index (κ1) is 13.7. The van der Waals surface area contributed by atoms with Crippen LogP contribution in [0.1, 0.15) is 30.5 Å². The van der Waals surface area contributed by atoms with Crippen molar-refractivity contribution >= 4 is 5.91 Å². The number of amides is 1. The summed E-state index contributed by atoms with van der Waals surface area (Å²) >= 11 is 0. The Morgan fingerprint density at radius 1 is 1.27 bits per heavy atom. The minimum atomic E-state index is 0.0636. The van der Waals surface area contributed by atoms with Crippen LogP contribution in [-0.2, 0) is 11.2 Å². The van der Waals surface area contributed by atoms with Gasteiger partial charge in [-0.3, -0.25) is 4.79 Å². The molecule has 1 rings (SSSR count). The third-order valence-corrected chi connectivity index (χ3v) is 2.13. The van der Waals surface area contributed by atoms with Gasteiger partial charge >= 0.3 is 0 Å². The second-order valence-corrected chi connectivity index (χ2v) is 3.28. The number of carbonyl (C=O) groups is 1. The maximum atomic E-state index is 11.1. The molecule has 0 saturated carbocycles. The Bertz CT molecular complexity index is 318. The van der Waals surface area contributed by atoms with Crippen molar-refractivity contribution in [1.82, 2.24) is 5.32 Å². The lowest BCUT2D eigenvalue weighted by molar-refractivity contribution is -0.119. The average molecular weight is 207 g/mol. The molecule has 84 valence electrons. The normalized spacial score (nSPS) is 8.87. The van der Waals surface area contributed by atoms with E-state index in [4.69, 9.17) is 0 Å². The van der Waals surface area contributed by atoms with E-state index in [-0.39, 0.29) is 5.91 Å². The molecule has 2 nitrogen and oxygen atoms in total. The van der Waals surface area contributed by atoms with E-state index >= 15 is 0 Å². The van der Waals surface area contributed by atoms with Crippen LogP contribution in [0, 0.1) is 13.8 Å². The highest BCUT2D eigenvalue weighted by Crippen LogP contribution is 2.10. The highest BCUT2D eigenvalue weighted by Gasteiger charge is 2.03. The van der Waals surface area contributed by atoms with Gasteiger partial charge in [0.25, 0.3) is 0 Å². The number of aryl methyl sites for hydroxylation is 2. The first-order chi connectivity index (χ1) is 7.13. The predicted octanol–water partition coefficient (Wildman–Crippen LogP) is 2.62. The zero-order valence-electron chi connectivity index (χ0n) is 10.3. The lowest BCUT2D eigenvalue weighted by atomic mass is 10.0. The third-order valence-electron chi connectivity index (χ3n) is 2.13. The van der Waals surface area contributed by atoms with Gasteiger partial charge < -0.3 is 5.32 Å². The summed E-state index contributed by atoms with van der Waals surface area (Å²) in [5.74, 6) is 0.0636. The van der Waals surface area contributed by atoms with Gasteiger partial charge in [-0.25, -0.2) is 0 Å². The van der Waals surface area contributed by atoms with Gasteiger partial charge in [-0.15, -0.1) is 0 Å². The summed E-state index contributed by atoms with van der Waals surface area (Å²) in [6, 6.07) is 6.17. The second kappa shape index (κ2) is 7.04. The van der Waals surface area contributed by atoms with Crippen molar-refractivity contribution in [2.75, 3.05) is 7.05 Å². The van der Waals surface area contributed by atoms with E-state index in [9.17, 15) is 4.79 Å². The molecule has 0 fully saturated rings. The van der Waals surface area contributed by atoms with Crippen molar-refractivity contribution in [3.63, 3.8) is 0 Å². The standard InChI is InChI=1S/C11H15NO.C2H6/c1-8-4-5-9(2)10(6-8)7-11(13)12-3;1-2/h4-6H,7H2,1-3H3,(H,12,13);1-2H3. The van der Waals surface area contributed by atoms with Gasteiger partial charge in [0.1, 0.15) is 0 Å². The van der Waals surface area contributed by atoms with E-state index in [0.717, 1.165) is 5.56 Å². The smallest absolute Gasteiger partial charge is 0.224 e. The maximum Gasteiger partial charge on any atom is 0.224 e. The molecule has 0 atom stereocenters. The molecule has 0 spiro atoms. The summed E-state index contributed by atoms with van der Waals surface area (Å²) in [6.07, 6.45) is 0.476. The Morgan fingerprint density at radius 2 is 1.87 bits per heavy atom. The molecule has 0 unspecified atom stereocenters. The zero-order chi connectivity index (χ0) is 11.8. The largest absolute Gasteiger partial charge is 0.359 e. The summed E-state index contributed by atoms with van der Waals surface area (Å²) in [4.78, 5) is 11.1. The molecular weight excluding hydrogens is 186 g/mol. The topological polar surface area (TPSA) is 29.1 Å². The number of benzene rings is 1. The van der Waals surface area contributed by atoms with Crippen molar-refractivity contribution in [3.8, 4) is 0 Å². The van der Waals surface area contributed by atoms with E-state index in [0.29, 0.717) is 6.42 Å². The Balaban J connectivity index is 0.000000921. The minimum Gasteiger partial charge on any atom is -0.359 e. The van der Waals surface area contributed by atoms with Crippen LogP contribution < -0.4 is 5.32 Å². The van der Waals surface area contributed by atoms with Crippen molar-refractivity contribution < 1.29 is 4.79 Å². The fourth-order valence-corrected chi connectivity index (χ4v) is 1.25. The molecule has 1 amide bonds. The highest BCUT2D eigenvalue weighted by molar-refractivity contribution is 5.78. The van der Waals surface area contributed by atoms with Crippen molar-refractivity contribution in [3.05, 3.63) is 34.9 Å². The maximum absolute atomic E-state index is 11.1. The van der Waals surface area contributed by atoms with E-state index in [1.54, 1.807) is 7.05 Å². The number of nitrogens with one attached hydrogen (secondary N) is 1. The van der Waals surface area contributed by atoms with E-state index in [2.05, 4.69) is 17.4 Å². The molecule has 0 saturated heterocycles. The molecule has 0 radical (unpaired) electrons. The SMILES string of the molecule is CC.CNC(=O)Cc1cc(C)ccc1C. The van der Waals surface area contributed by atoms with Gasteiger partial charge in [-0.05, 0) is 25.0 Å². The predicted molar refractivity (Wildman–Crippen MR) is 65.0 cm³/mol.